The summed E-state index contributed by atoms with van der Waals surface area (Å²) in [5.41, 5.74) is 10.1. The quantitative estimate of drug-likeness (QED) is 0.877. The lowest BCUT2D eigenvalue weighted by atomic mass is 9.99. The Kier molecular flexibility index (Phi) is 4.15. The van der Waals surface area contributed by atoms with Gasteiger partial charge in [-0.2, -0.15) is 5.10 Å². The van der Waals surface area contributed by atoms with Crippen LogP contribution in [0.5, 0.6) is 0 Å². The third-order valence-corrected chi connectivity index (χ3v) is 3.39. The summed E-state index contributed by atoms with van der Waals surface area (Å²) < 4.78 is 1.92. The maximum atomic E-state index is 6.21. The van der Waals surface area contributed by atoms with Crippen LogP contribution in [0, 0.1) is 6.92 Å². The highest BCUT2D eigenvalue weighted by Gasteiger charge is 2.09. The van der Waals surface area contributed by atoms with E-state index in [0.717, 1.165) is 24.9 Å². The molecule has 96 valence electrons. The molecule has 2 aromatic rings. The maximum absolute atomic E-state index is 6.21. The van der Waals surface area contributed by atoms with Crippen molar-refractivity contribution in [2.45, 2.75) is 39.3 Å². The van der Waals surface area contributed by atoms with Crippen LogP contribution >= 0.6 is 0 Å². The van der Waals surface area contributed by atoms with Crippen molar-refractivity contribution < 1.29 is 0 Å². The average molecular weight is 243 g/mol. The molecular weight excluding hydrogens is 222 g/mol. The van der Waals surface area contributed by atoms with Crippen LogP contribution in [0.2, 0.25) is 0 Å². The summed E-state index contributed by atoms with van der Waals surface area (Å²) in [7, 11) is 0. The number of rotatable bonds is 5. The standard InChI is InChI=1S/C15H21N3/c1-3-18-11-14(10-17-18)15(16)9-8-13-7-5-4-6-12(13)2/h4-7,10-11,15H,3,8-9,16H2,1-2H3. The van der Waals surface area contributed by atoms with E-state index in [1.54, 1.807) is 0 Å². The van der Waals surface area contributed by atoms with Gasteiger partial charge in [0, 0.05) is 24.3 Å². The van der Waals surface area contributed by atoms with E-state index >= 15 is 0 Å². The van der Waals surface area contributed by atoms with Crippen molar-refractivity contribution in [2.24, 2.45) is 5.73 Å². The minimum absolute atomic E-state index is 0.0740. The van der Waals surface area contributed by atoms with Gasteiger partial charge in [-0.05, 0) is 37.8 Å². The fourth-order valence-electron chi connectivity index (χ4n) is 2.11. The second-order valence-corrected chi connectivity index (χ2v) is 4.70. The van der Waals surface area contributed by atoms with Gasteiger partial charge in [-0.1, -0.05) is 24.3 Å². The Balaban J connectivity index is 1.96. The molecule has 0 radical (unpaired) electrons. The monoisotopic (exact) mass is 243 g/mol. The molecule has 2 rings (SSSR count). The summed E-state index contributed by atoms with van der Waals surface area (Å²) in [6.45, 7) is 5.12. The van der Waals surface area contributed by atoms with Gasteiger partial charge in [0.05, 0.1) is 6.20 Å². The summed E-state index contributed by atoms with van der Waals surface area (Å²) >= 11 is 0. The SMILES string of the molecule is CCn1cc(C(N)CCc2ccccc2C)cn1. The summed E-state index contributed by atoms with van der Waals surface area (Å²) in [5.74, 6) is 0. The molecule has 1 heterocycles. The third kappa shape index (κ3) is 2.99. The van der Waals surface area contributed by atoms with Gasteiger partial charge in [-0.3, -0.25) is 4.68 Å². The fourth-order valence-corrected chi connectivity index (χ4v) is 2.11. The normalized spacial score (nSPS) is 12.6. The average Bonchev–Trinajstić information content (AvgIpc) is 2.86. The van der Waals surface area contributed by atoms with E-state index in [1.165, 1.54) is 11.1 Å². The zero-order valence-corrected chi connectivity index (χ0v) is 11.1. The van der Waals surface area contributed by atoms with Crippen LogP contribution in [-0.2, 0) is 13.0 Å². The van der Waals surface area contributed by atoms with Gasteiger partial charge >= 0.3 is 0 Å². The fraction of sp³-hybridized carbons (Fsp3) is 0.400. The Hall–Kier alpha value is -1.61. The Morgan fingerprint density at radius 2 is 2.11 bits per heavy atom. The van der Waals surface area contributed by atoms with Gasteiger partial charge in [-0.15, -0.1) is 0 Å². The lowest BCUT2D eigenvalue weighted by molar-refractivity contribution is 0.639. The van der Waals surface area contributed by atoms with Gasteiger partial charge in [0.2, 0.25) is 0 Å². The van der Waals surface area contributed by atoms with Crippen LogP contribution in [0.1, 0.15) is 36.1 Å². The Morgan fingerprint density at radius 1 is 1.33 bits per heavy atom. The number of aromatic nitrogens is 2. The molecule has 0 aliphatic carbocycles. The molecule has 0 amide bonds. The molecule has 18 heavy (non-hydrogen) atoms. The zero-order valence-electron chi connectivity index (χ0n) is 11.1. The molecule has 1 aromatic carbocycles. The Labute approximate surface area is 109 Å². The van der Waals surface area contributed by atoms with Gasteiger partial charge in [0.1, 0.15) is 0 Å². The van der Waals surface area contributed by atoms with Crippen LogP contribution in [0.15, 0.2) is 36.7 Å². The molecule has 2 N–H and O–H groups in total. The van der Waals surface area contributed by atoms with Crippen LogP contribution < -0.4 is 5.73 Å². The van der Waals surface area contributed by atoms with Crippen LogP contribution in [0.25, 0.3) is 0 Å². The first-order chi connectivity index (χ1) is 8.70. The van der Waals surface area contributed by atoms with Gasteiger partial charge < -0.3 is 5.73 Å². The van der Waals surface area contributed by atoms with Crippen molar-refractivity contribution in [3.8, 4) is 0 Å². The zero-order chi connectivity index (χ0) is 13.0. The number of hydrogen-bond donors (Lipinski definition) is 1. The minimum atomic E-state index is 0.0740. The molecule has 1 aromatic heterocycles. The number of benzene rings is 1. The second-order valence-electron chi connectivity index (χ2n) is 4.70. The molecule has 3 nitrogen and oxygen atoms in total. The number of nitrogens with two attached hydrogens (primary N) is 1. The van der Waals surface area contributed by atoms with Crippen molar-refractivity contribution >= 4 is 0 Å². The van der Waals surface area contributed by atoms with E-state index in [0.29, 0.717) is 0 Å². The summed E-state index contributed by atoms with van der Waals surface area (Å²) in [5, 5.41) is 4.26. The van der Waals surface area contributed by atoms with Crippen LogP contribution in [0.4, 0.5) is 0 Å². The van der Waals surface area contributed by atoms with Gasteiger partial charge in [0.25, 0.3) is 0 Å². The van der Waals surface area contributed by atoms with Crippen LogP contribution in [-0.4, -0.2) is 9.78 Å². The van der Waals surface area contributed by atoms with E-state index in [1.807, 2.05) is 17.1 Å². The minimum Gasteiger partial charge on any atom is -0.324 e. The lowest BCUT2D eigenvalue weighted by Gasteiger charge is -2.10. The molecule has 0 aliphatic heterocycles. The molecular formula is C15H21N3. The Bertz CT molecular complexity index is 502. The third-order valence-electron chi connectivity index (χ3n) is 3.39. The highest BCUT2D eigenvalue weighted by Crippen LogP contribution is 2.17. The van der Waals surface area contributed by atoms with Gasteiger partial charge in [-0.25, -0.2) is 0 Å². The van der Waals surface area contributed by atoms with E-state index in [9.17, 15) is 0 Å². The maximum Gasteiger partial charge on any atom is 0.0537 e. The highest BCUT2D eigenvalue weighted by atomic mass is 15.3. The highest BCUT2D eigenvalue weighted by molar-refractivity contribution is 5.26. The summed E-state index contributed by atoms with van der Waals surface area (Å²) in [4.78, 5) is 0. The van der Waals surface area contributed by atoms with E-state index in [-0.39, 0.29) is 6.04 Å². The summed E-state index contributed by atoms with van der Waals surface area (Å²) in [6.07, 6.45) is 5.90. The molecule has 1 unspecified atom stereocenters. The predicted molar refractivity (Wildman–Crippen MR) is 74.3 cm³/mol. The molecule has 0 fully saturated rings. The number of hydrogen-bond acceptors (Lipinski definition) is 2. The lowest BCUT2D eigenvalue weighted by Crippen LogP contribution is -2.11. The van der Waals surface area contributed by atoms with E-state index < -0.39 is 0 Å². The molecule has 0 spiro atoms. The molecule has 3 heteroatoms. The summed E-state index contributed by atoms with van der Waals surface area (Å²) in [6, 6.07) is 8.56. The van der Waals surface area contributed by atoms with Crippen LogP contribution in [0.3, 0.4) is 0 Å². The van der Waals surface area contributed by atoms with Crippen molar-refractivity contribution in [1.29, 1.82) is 0 Å². The smallest absolute Gasteiger partial charge is 0.0537 e. The molecule has 0 bridgehead atoms. The molecule has 0 aliphatic rings. The van der Waals surface area contributed by atoms with Gasteiger partial charge in [0.15, 0.2) is 0 Å². The Morgan fingerprint density at radius 3 is 2.78 bits per heavy atom. The molecule has 1 atom stereocenters. The largest absolute Gasteiger partial charge is 0.324 e. The van der Waals surface area contributed by atoms with E-state index in [2.05, 4.69) is 43.2 Å². The van der Waals surface area contributed by atoms with E-state index in [4.69, 9.17) is 5.73 Å². The predicted octanol–water partition coefficient (Wildman–Crippen LogP) is 2.84. The molecule has 0 saturated carbocycles. The van der Waals surface area contributed by atoms with Crippen molar-refractivity contribution in [1.82, 2.24) is 9.78 Å². The van der Waals surface area contributed by atoms with Crippen molar-refractivity contribution in [3.05, 3.63) is 53.3 Å². The molecule has 0 saturated heterocycles. The first-order valence-electron chi connectivity index (χ1n) is 6.53. The first kappa shape index (κ1) is 12.8. The topological polar surface area (TPSA) is 43.8 Å². The van der Waals surface area contributed by atoms with Crippen molar-refractivity contribution in [3.63, 3.8) is 0 Å². The number of aryl methyl sites for hydroxylation is 3. The second kappa shape index (κ2) is 5.83. The van der Waals surface area contributed by atoms with Crippen molar-refractivity contribution in [2.75, 3.05) is 0 Å². The first-order valence-corrected chi connectivity index (χ1v) is 6.53. The number of nitrogens with zero attached hydrogens (tertiary/aromatic N) is 2.